The minimum atomic E-state index is 0.0769. The molecule has 0 atom stereocenters. The molecule has 0 radical (unpaired) electrons. The number of nitrogen functional groups attached to an aromatic ring is 1. The number of nitrogens with one attached hydrogen (secondary N) is 1. The predicted octanol–water partition coefficient (Wildman–Crippen LogP) is 2.21. The van der Waals surface area contributed by atoms with Gasteiger partial charge in [-0.25, -0.2) is 0 Å². The second-order valence-electron chi connectivity index (χ2n) is 4.08. The lowest BCUT2D eigenvalue weighted by molar-refractivity contribution is 0.120. The van der Waals surface area contributed by atoms with Gasteiger partial charge < -0.3 is 10.5 Å². The van der Waals surface area contributed by atoms with Crippen molar-refractivity contribution in [3.63, 3.8) is 0 Å². The van der Waals surface area contributed by atoms with E-state index in [2.05, 4.69) is 0 Å². The molecule has 2 rings (SSSR count). The van der Waals surface area contributed by atoms with Crippen molar-refractivity contribution in [3.05, 3.63) is 29.3 Å². The van der Waals surface area contributed by atoms with Crippen LogP contribution in [0.4, 0.5) is 0 Å². The molecule has 3 nitrogen and oxygen atoms in total. The Morgan fingerprint density at radius 1 is 1.47 bits per heavy atom. The maximum absolute atomic E-state index is 7.49. The zero-order valence-corrected chi connectivity index (χ0v) is 8.92. The number of ether oxygens (including phenoxy) is 1. The van der Waals surface area contributed by atoms with E-state index >= 15 is 0 Å². The van der Waals surface area contributed by atoms with Gasteiger partial charge in [0.05, 0.1) is 11.7 Å². The Balaban J connectivity index is 2.23. The molecule has 15 heavy (non-hydrogen) atoms. The molecule has 0 spiro atoms. The summed E-state index contributed by atoms with van der Waals surface area (Å²) >= 11 is 0. The van der Waals surface area contributed by atoms with Gasteiger partial charge in [0.1, 0.15) is 11.6 Å². The van der Waals surface area contributed by atoms with E-state index in [1.807, 2.05) is 25.1 Å². The van der Waals surface area contributed by atoms with Crippen LogP contribution in [0.5, 0.6) is 5.75 Å². The first-order valence-electron chi connectivity index (χ1n) is 5.28. The molecule has 3 heteroatoms. The van der Waals surface area contributed by atoms with Crippen LogP contribution in [0.25, 0.3) is 0 Å². The van der Waals surface area contributed by atoms with Gasteiger partial charge in [-0.3, -0.25) is 5.41 Å². The van der Waals surface area contributed by atoms with Crippen LogP contribution in [0.1, 0.15) is 30.4 Å². The number of rotatable bonds is 3. The van der Waals surface area contributed by atoms with Crippen LogP contribution < -0.4 is 10.5 Å². The number of aryl methyl sites for hydroxylation is 1. The number of hydrogen-bond donors (Lipinski definition) is 2. The van der Waals surface area contributed by atoms with E-state index in [1.54, 1.807) is 0 Å². The van der Waals surface area contributed by atoms with Crippen LogP contribution in [0.2, 0.25) is 0 Å². The molecule has 3 N–H and O–H groups in total. The summed E-state index contributed by atoms with van der Waals surface area (Å²) < 4.78 is 5.78. The minimum absolute atomic E-state index is 0.0769. The lowest BCUT2D eigenvalue weighted by Crippen LogP contribution is -2.26. The Morgan fingerprint density at radius 2 is 2.20 bits per heavy atom. The van der Waals surface area contributed by atoms with E-state index in [9.17, 15) is 0 Å². The van der Waals surface area contributed by atoms with E-state index in [-0.39, 0.29) is 5.84 Å². The van der Waals surface area contributed by atoms with Gasteiger partial charge in [-0.05, 0) is 38.3 Å². The first-order valence-corrected chi connectivity index (χ1v) is 5.28. The van der Waals surface area contributed by atoms with Gasteiger partial charge in [-0.15, -0.1) is 0 Å². The van der Waals surface area contributed by atoms with Crippen LogP contribution in [0, 0.1) is 12.3 Å². The molecule has 0 heterocycles. The number of amidine groups is 1. The fourth-order valence-corrected chi connectivity index (χ4v) is 1.63. The summed E-state index contributed by atoms with van der Waals surface area (Å²) in [5.41, 5.74) is 7.33. The molecule has 1 saturated carbocycles. The van der Waals surface area contributed by atoms with Gasteiger partial charge in [0, 0.05) is 0 Å². The normalized spacial score (nSPS) is 15.8. The molecule has 1 aromatic rings. The second-order valence-corrected chi connectivity index (χ2v) is 4.08. The van der Waals surface area contributed by atoms with Gasteiger partial charge in [0.2, 0.25) is 0 Å². The van der Waals surface area contributed by atoms with Gasteiger partial charge in [0.25, 0.3) is 0 Å². The van der Waals surface area contributed by atoms with E-state index in [4.69, 9.17) is 15.9 Å². The van der Waals surface area contributed by atoms with Crippen molar-refractivity contribution < 1.29 is 4.74 Å². The zero-order chi connectivity index (χ0) is 10.8. The van der Waals surface area contributed by atoms with Crippen LogP contribution >= 0.6 is 0 Å². The van der Waals surface area contributed by atoms with Crippen molar-refractivity contribution in [3.8, 4) is 5.75 Å². The summed E-state index contributed by atoms with van der Waals surface area (Å²) in [7, 11) is 0. The molecule has 1 aliphatic rings. The summed E-state index contributed by atoms with van der Waals surface area (Å²) in [5, 5.41) is 7.49. The van der Waals surface area contributed by atoms with Crippen molar-refractivity contribution in [2.24, 2.45) is 5.73 Å². The maximum Gasteiger partial charge on any atom is 0.130 e. The standard InChI is InChI=1S/C12H16N2O/c1-8-5-6-11(10(7-8)12(13)14)15-9-3-2-4-9/h5-7,9H,2-4H2,1H3,(H3,13,14). The summed E-state index contributed by atoms with van der Waals surface area (Å²) in [5.74, 6) is 0.825. The molecule has 0 unspecified atom stereocenters. The third kappa shape index (κ3) is 2.12. The Hall–Kier alpha value is -1.51. The van der Waals surface area contributed by atoms with Gasteiger partial charge in [-0.2, -0.15) is 0 Å². The van der Waals surface area contributed by atoms with Crippen LogP contribution in [0.3, 0.4) is 0 Å². The lowest BCUT2D eigenvalue weighted by Gasteiger charge is -2.27. The summed E-state index contributed by atoms with van der Waals surface area (Å²) in [4.78, 5) is 0. The second kappa shape index (κ2) is 3.93. The lowest BCUT2D eigenvalue weighted by atomic mass is 9.96. The molecule has 0 saturated heterocycles. The Kier molecular flexibility index (Phi) is 2.62. The Bertz CT molecular complexity index is 383. The van der Waals surface area contributed by atoms with Crippen molar-refractivity contribution in [2.75, 3.05) is 0 Å². The molecule has 1 aliphatic carbocycles. The summed E-state index contributed by atoms with van der Waals surface area (Å²) in [6.07, 6.45) is 3.80. The highest BCUT2D eigenvalue weighted by Gasteiger charge is 2.20. The van der Waals surface area contributed by atoms with Crippen molar-refractivity contribution in [1.29, 1.82) is 5.41 Å². The molecule has 0 amide bonds. The Morgan fingerprint density at radius 3 is 2.73 bits per heavy atom. The zero-order valence-electron chi connectivity index (χ0n) is 8.92. The molecule has 0 aliphatic heterocycles. The minimum Gasteiger partial charge on any atom is -0.490 e. The molecule has 0 aromatic heterocycles. The van der Waals surface area contributed by atoms with Crippen LogP contribution in [-0.4, -0.2) is 11.9 Å². The molecule has 1 aromatic carbocycles. The van der Waals surface area contributed by atoms with Crippen LogP contribution in [0.15, 0.2) is 18.2 Å². The third-order valence-corrected chi connectivity index (χ3v) is 2.77. The quantitative estimate of drug-likeness (QED) is 0.585. The van der Waals surface area contributed by atoms with Crippen molar-refractivity contribution in [1.82, 2.24) is 0 Å². The highest BCUT2D eigenvalue weighted by molar-refractivity contribution is 5.97. The first-order chi connectivity index (χ1) is 7.16. The van der Waals surface area contributed by atoms with Gasteiger partial charge >= 0.3 is 0 Å². The van der Waals surface area contributed by atoms with E-state index in [0.717, 1.165) is 24.2 Å². The molecule has 0 bridgehead atoms. The SMILES string of the molecule is Cc1ccc(OC2CCC2)c(C(=N)N)c1. The Labute approximate surface area is 89.8 Å². The van der Waals surface area contributed by atoms with Gasteiger partial charge in [-0.1, -0.05) is 11.6 Å². The molecular weight excluding hydrogens is 188 g/mol. The van der Waals surface area contributed by atoms with E-state index in [1.165, 1.54) is 6.42 Å². The fourth-order valence-electron chi connectivity index (χ4n) is 1.63. The molecule has 1 fully saturated rings. The molecular formula is C12H16N2O. The highest BCUT2D eigenvalue weighted by Crippen LogP contribution is 2.27. The maximum atomic E-state index is 7.49. The highest BCUT2D eigenvalue weighted by atomic mass is 16.5. The van der Waals surface area contributed by atoms with Crippen molar-refractivity contribution >= 4 is 5.84 Å². The first kappa shape index (κ1) is 10.0. The average molecular weight is 204 g/mol. The number of benzene rings is 1. The summed E-state index contributed by atoms with van der Waals surface area (Å²) in [6.45, 7) is 1.99. The predicted molar refractivity (Wildman–Crippen MR) is 60.5 cm³/mol. The molecule has 80 valence electrons. The van der Waals surface area contributed by atoms with Crippen molar-refractivity contribution in [2.45, 2.75) is 32.3 Å². The van der Waals surface area contributed by atoms with Crippen LogP contribution in [-0.2, 0) is 0 Å². The van der Waals surface area contributed by atoms with E-state index < -0.39 is 0 Å². The third-order valence-electron chi connectivity index (χ3n) is 2.77. The summed E-state index contributed by atoms with van der Waals surface area (Å²) in [6, 6.07) is 5.79. The topological polar surface area (TPSA) is 59.1 Å². The fraction of sp³-hybridized carbons (Fsp3) is 0.417. The monoisotopic (exact) mass is 204 g/mol. The number of hydrogen-bond acceptors (Lipinski definition) is 2. The largest absolute Gasteiger partial charge is 0.490 e. The van der Waals surface area contributed by atoms with E-state index in [0.29, 0.717) is 11.7 Å². The smallest absolute Gasteiger partial charge is 0.130 e. The average Bonchev–Trinajstić information content (AvgIpc) is 2.12. The number of nitrogens with two attached hydrogens (primary N) is 1. The van der Waals surface area contributed by atoms with Gasteiger partial charge in [0.15, 0.2) is 0 Å².